The van der Waals surface area contributed by atoms with Gasteiger partial charge in [0, 0.05) is 18.6 Å². The molecule has 3 nitrogen and oxygen atoms in total. The summed E-state index contributed by atoms with van der Waals surface area (Å²) in [5.74, 6) is 0.302. The zero-order valence-electron chi connectivity index (χ0n) is 12.4. The first kappa shape index (κ1) is 13.6. The number of hydrogen-bond donors (Lipinski definition) is 1. The number of hydrogen-bond acceptors (Lipinski definition) is 2. The van der Waals surface area contributed by atoms with Crippen molar-refractivity contribution in [2.75, 3.05) is 0 Å². The maximum absolute atomic E-state index is 12.9. The van der Waals surface area contributed by atoms with Crippen molar-refractivity contribution in [3.8, 4) is 0 Å². The van der Waals surface area contributed by atoms with Gasteiger partial charge in [0.25, 0.3) is 0 Å². The van der Waals surface area contributed by atoms with Crippen LogP contribution in [0.15, 0.2) is 24.3 Å². The number of rotatable bonds is 2. The normalized spacial score (nSPS) is 29.3. The lowest BCUT2D eigenvalue weighted by Crippen LogP contribution is -2.52. The van der Waals surface area contributed by atoms with Crippen LogP contribution in [0.25, 0.3) is 0 Å². The maximum atomic E-state index is 12.9. The fraction of sp³-hybridized carbons (Fsp3) is 0.588. The van der Waals surface area contributed by atoms with Crippen LogP contribution < -0.4 is 5.32 Å². The van der Waals surface area contributed by atoms with Crippen molar-refractivity contribution in [3.05, 3.63) is 35.4 Å². The molecule has 1 amide bonds. The van der Waals surface area contributed by atoms with Gasteiger partial charge in [0.05, 0.1) is 6.04 Å². The lowest BCUT2D eigenvalue weighted by atomic mass is 9.95. The lowest BCUT2D eigenvalue weighted by Gasteiger charge is -2.34. The molecule has 3 atom stereocenters. The van der Waals surface area contributed by atoms with Crippen molar-refractivity contribution in [1.82, 2.24) is 10.2 Å². The van der Waals surface area contributed by atoms with E-state index < -0.39 is 0 Å². The third-order valence-corrected chi connectivity index (χ3v) is 4.89. The quantitative estimate of drug-likeness (QED) is 0.897. The van der Waals surface area contributed by atoms with E-state index in [2.05, 4.69) is 48.3 Å². The molecule has 1 aromatic rings. The van der Waals surface area contributed by atoms with Crippen LogP contribution in [0.5, 0.6) is 0 Å². The van der Waals surface area contributed by atoms with Crippen LogP contribution in [0.1, 0.15) is 44.2 Å². The Morgan fingerprint density at radius 1 is 1.30 bits per heavy atom. The van der Waals surface area contributed by atoms with Gasteiger partial charge in [-0.3, -0.25) is 4.79 Å². The van der Waals surface area contributed by atoms with Gasteiger partial charge in [-0.25, -0.2) is 0 Å². The lowest BCUT2D eigenvalue weighted by molar-refractivity contribution is -0.136. The Bertz CT molecular complexity index is 500. The SMILES string of the molecule is CCC1CCC(C)N1C(=O)C1Cc2ccccc2CN1. The van der Waals surface area contributed by atoms with Gasteiger partial charge >= 0.3 is 0 Å². The Hall–Kier alpha value is -1.35. The number of carbonyl (C=O) groups excluding carboxylic acids is 1. The van der Waals surface area contributed by atoms with E-state index in [1.807, 2.05) is 0 Å². The summed E-state index contributed by atoms with van der Waals surface area (Å²) in [6.07, 6.45) is 4.20. The van der Waals surface area contributed by atoms with E-state index in [0.717, 1.165) is 32.2 Å². The molecule has 1 aromatic carbocycles. The fourth-order valence-corrected chi connectivity index (χ4v) is 3.68. The molecular weight excluding hydrogens is 248 g/mol. The molecule has 0 saturated carbocycles. The van der Waals surface area contributed by atoms with Crippen molar-refractivity contribution >= 4 is 5.91 Å². The van der Waals surface area contributed by atoms with Gasteiger partial charge in [-0.15, -0.1) is 0 Å². The highest BCUT2D eigenvalue weighted by atomic mass is 16.2. The molecule has 1 saturated heterocycles. The predicted molar refractivity (Wildman–Crippen MR) is 80.4 cm³/mol. The fourth-order valence-electron chi connectivity index (χ4n) is 3.68. The molecule has 0 bridgehead atoms. The van der Waals surface area contributed by atoms with Gasteiger partial charge in [0.15, 0.2) is 0 Å². The van der Waals surface area contributed by atoms with Crippen molar-refractivity contribution in [2.45, 2.75) is 64.2 Å². The molecule has 1 N–H and O–H groups in total. The highest BCUT2D eigenvalue weighted by Gasteiger charge is 2.37. The van der Waals surface area contributed by atoms with Gasteiger partial charge in [-0.1, -0.05) is 31.2 Å². The first-order valence-corrected chi connectivity index (χ1v) is 7.83. The zero-order valence-corrected chi connectivity index (χ0v) is 12.4. The minimum Gasteiger partial charge on any atom is -0.336 e. The second-order valence-corrected chi connectivity index (χ2v) is 6.14. The van der Waals surface area contributed by atoms with Crippen LogP contribution in [0.4, 0.5) is 0 Å². The molecule has 0 aromatic heterocycles. The summed E-state index contributed by atoms with van der Waals surface area (Å²) in [7, 11) is 0. The second kappa shape index (κ2) is 5.57. The Balaban J connectivity index is 1.76. The van der Waals surface area contributed by atoms with Crippen LogP contribution in [-0.4, -0.2) is 28.9 Å². The standard InChI is InChI=1S/C17H24N2O/c1-3-15-9-8-12(2)19(15)17(20)16-10-13-6-4-5-7-14(13)11-18-16/h4-7,12,15-16,18H,3,8-11H2,1-2H3. The smallest absolute Gasteiger partial charge is 0.240 e. The van der Waals surface area contributed by atoms with Crippen LogP contribution in [0, 0.1) is 0 Å². The van der Waals surface area contributed by atoms with E-state index in [-0.39, 0.29) is 6.04 Å². The molecule has 3 unspecified atom stereocenters. The number of amides is 1. The van der Waals surface area contributed by atoms with Gasteiger partial charge < -0.3 is 10.2 Å². The average molecular weight is 272 g/mol. The summed E-state index contributed by atoms with van der Waals surface area (Å²) in [6.45, 7) is 5.18. The van der Waals surface area contributed by atoms with Gasteiger partial charge in [0.1, 0.15) is 0 Å². The van der Waals surface area contributed by atoms with Gasteiger partial charge in [-0.05, 0) is 43.7 Å². The Labute approximate surface area is 121 Å². The van der Waals surface area contributed by atoms with Crippen LogP contribution in [-0.2, 0) is 17.8 Å². The van der Waals surface area contributed by atoms with E-state index in [1.54, 1.807) is 0 Å². The average Bonchev–Trinajstić information content (AvgIpc) is 2.87. The van der Waals surface area contributed by atoms with E-state index >= 15 is 0 Å². The minimum atomic E-state index is -0.0421. The molecule has 1 fully saturated rings. The Kier molecular flexibility index (Phi) is 3.79. The number of fused-ring (bicyclic) bond motifs is 1. The molecule has 0 spiro atoms. The van der Waals surface area contributed by atoms with Crippen LogP contribution in [0.2, 0.25) is 0 Å². The van der Waals surface area contributed by atoms with E-state index in [0.29, 0.717) is 18.0 Å². The summed E-state index contributed by atoms with van der Waals surface area (Å²) in [5.41, 5.74) is 2.66. The first-order chi connectivity index (χ1) is 9.70. The third kappa shape index (κ3) is 2.35. The van der Waals surface area contributed by atoms with Crippen molar-refractivity contribution in [1.29, 1.82) is 0 Å². The van der Waals surface area contributed by atoms with Crippen LogP contribution in [0.3, 0.4) is 0 Å². The minimum absolute atomic E-state index is 0.0421. The molecule has 2 heterocycles. The number of nitrogens with zero attached hydrogens (tertiary/aromatic N) is 1. The zero-order chi connectivity index (χ0) is 14.1. The summed E-state index contributed by atoms with van der Waals surface area (Å²) in [5, 5.41) is 3.43. The summed E-state index contributed by atoms with van der Waals surface area (Å²) in [6, 6.07) is 9.23. The molecule has 3 rings (SSSR count). The summed E-state index contributed by atoms with van der Waals surface area (Å²) < 4.78 is 0. The van der Waals surface area contributed by atoms with Gasteiger partial charge in [-0.2, -0.15) is 0 Å². The first-order valence-electron chi connectivity index (χ1n) is 7.83. The molecule has 108 valence electrons. The number of benzene rings is 1. The number of carbonyl (C=O) groups is 1. The Morgan fingerprint density at radius 3 is 2.80 bits per heavy atom. The van der Waals surface area contributed by atoms with Gasteiger partial charge in [0.2, 0.25) is 5.91 Å². The van der Waals surface area contributed by atoms with Crippen LogP contribution >= 0.6 is 0 Å². The van der Waals surface area contributed by atoms with E-state index in [1.165, 1.54) is 11.1 Å². The predicted octanol–water partition coefficient (Wildman–Crippen LogP) is 2.49. The largest absolute Gasteiger partial charge is 0.336 e. The van der Waals surface area contributed by atoms with Crippen molar-refractivity contribution < 1.29 is 4.79 Å². The summed E-state index contributed by atoms with van der Waals surface area (Å²) in [4.78, 5) is 15.0. The summed E-state index contributed by atoms with van der Waals surface area (Å²) >= 11 is 0. The van der Waals surface area contributed by atoms with Crippen molar-refractivity contribution in [3.63, 3.8) is 0 Å². The molecular formula is C17H24N2O. The highest BCUT2D eigenvalue weighted by Crippen LogP contribution is 2.28. The second-order valence-electron chi connectivity index (χ2n) is 6.14. The molecule has 20 heavy (non-hydrogen) atoms. The van der Waals surface area contributed by atoms with Crippen molar-refractivity contribution in [2.24, 2.45) is 0 Å². The van der Waals surface area contributed by atoms with E-state index in [4.69, 9.17) is 0 Å². The monoisotopic (exact) mass is 272 g/mol. The molecule has 0 radical (unpaired) electrons. The molecule has 2 aliphatic heterocycles. The molecule has 0 aliphatic carbocycles. The molecule has 2 aliphatic rings. The third-order valence-electron chi connectivity index (χ3n) is 4.89. The number of likely N-dealkylation sites (tertiary alicyclic amines) is 1. The number of nitrogens with one attached hydrogen (secondary N) is 1. The van der Waals surface area contributed by atoms with E-state index in [9.17, 15) is 4.79 Å². The highest BCUT2D eigenvalue weighted by molar-refractivity contribution is 5.83. The Morgan fingerprint density at radius 2 is 2.05 bits per heavy atom. The maximum Gasteiger partial charge on any atom is 0.240 e. The topological polar surface area (TPSA) is 32.3 Å². The molecule has 3 heteroatoms.